The van der Waals surface area contributed by atoms with E-state index in [2.05, 4.69) is 91.3 Å². The predicted octanol–water partition coefficient (Wildman–Crippen LogP) is 9.86. The van der Waals surface area contributed by atoms with Crippen LogP contribution in [0.5, 0.6) is 0 Å². The van der Waals surface area contributed by atoms with Crippen LogP contribution in [0.25, 0.3) is 0 Å². The molecule has 0 aromatic carbocycles. The summed E-state index contributed by atoms with van der Waals surface area (Å²) in [6.45, 7) is 3.59. The van der Waals surface area contributed by atoms with E-state index < -0.39 is 45.1 Å². The summed E-state index contributed by atoms with van der Waals surface area (Å²) in [4.78, 5) is 33.4. The Morgan fingerprint density at radius 2 is 1.14 bits per heavy atom. The molecule has 0 aromatic heterocycles. The van der Waals surface area contributed by atoms with Gasteiger partial charge in [-0.05, 0) is 77.0 Å². The van der Waals surface area contributed by atoms with Crippen LogP contribution in [-0.4, -0.2) is 60.5 Å². The second kappa shape index (κ2) is 35.8. The van der Waals surface area contributed by atoms with Gasteiger partial charge in [0.2, 0.25) is 0 Å². The van der Waals surface area contributed by atoms with E-state index in [1.807, 2.05) is 0 Å². The second-order valence-corrected chi connectivity index (χ2v) is 13.8. The summed E-state index contributed by atoms with van der Waals surface area (Å²) in [6.07, 6.45) is 42.4. The van der Waals surface area contributed by atoms with E-state index in [1.54, 1.807) is 0 Å². The van der Waals surface area contributed by atoms with Crippen molar-refractivity contribution in [2.45, 2.75) is 142 Å². The molecule has 0 fully saturated rings. The molecule has 0 radical (unpaired) electrons. The Kier molecular flexibility index (Phi) is 34.0. The van der Waals surface area contributed by atoms with Gasteiger partial charge in [0, 0.05) is 13.0 Å². The first-order valence-corrected chi connectivity index (χ1v) is 20.5. The van der Waals surface area contributed by atoms with E-state index >= 15 is 0 Å². The van der Waals surface area contributed by atoms with E-state index in [9.17, 15) is 19.0 Å². The number of allylic oxidation sites excluding steroid dienone is 12. The molecule has 0 heterocycles. The fraction of sp³-hybridized carbons (Fsp3) is 0.650. The number of phosphoric acid groups is 1. The van der Waals surface area contributed by atoms with Crippen LogP contribution in [0, 0.1) is 0 Å². The third-order valence-electron chi connectivity index (χ3n) is 7.45. The first kappa shape index (κ1) is 48.4. The average molecular weight is 738 g/mol. The van der Waals surface area contributed by atoms with Crippen LogP contribution in [0.1, 0.15) is 129 Å². The lowest BCUT2D eigenvalue weighted by Gasteiger charge is -2.20. The summed E-state index contributed by atoms with van der Waals surface area (Å²) in [6, 6.07) is -1.48. The summed E-state index contributed by atoms with van der Waals surface area (Å²) in [5, 5.41) is 8.86. The molecule has 51 heavy (non-hydrogen) atoms. The Morgan fingerprint density at radius 3 is 1.71 bits per heavy atom. The molecule has 0 saturated heterocycles. The maximum Gasteiger partial charge on any atom is 0.472 e. The highest BCUT2D eigenvalue weighted by molar-refractivity contribution is 7.47. The van der Waals surface area contributed by atoms with Crippen molar-refractivity contribution in [3.05, 3.63) is 72.9 Å². The maximum absolute atomic E-state index is 12.6. The average Bonchev–Trinajstić information content (AvgIpc) is 3.10. The van der Waals surface area contributed by atoms with E-state index in [1.165, 1.54) is 19.3 Å². The summed E-state index contributed by atoms with van der Waals surface area (Å²) in [5.41, 5.74) is 5.33. The summed E-state index contributed by atoms with van der Waals surface area (Å²) in [7, 11) is -4.63. The number of carbonyl (C=O) groups is 2. The molecular weight excluding hydrogens is 669 g/mol. The van der Waals surface area contributed by atoms with Gasteiger partial charge >= 0.3 is 19.8 Å². The van der Waals surface area contributed by atoms with Crippen molar-refractivity contribution in [3.63, 3.8) is 0 Å². The largest absolute Gasteiger partial charge is 0.480 e. The zero-order valence-electron chi connectivity index (χ0n) is 31.4. The normalized spacial score (nSPS) is 14.9. The van der Waals surface area contributed by atoms with Crippen LogP contribution in [0.2, 0.25) is 0 Å². The van der Waals surface area contributed by atoms with Crippen molar-refractivity contribution in [3.8, 4) is 0 Å². The number of nitrogens with two attached hydrogens (primary N) is 1. The molecule has 0 aliphatic carbocycles. The molecule has 0 aliphatic heterocycles. The summed E-state index contributed by atoms with van der Waals surface area (Å²) in [5.74, 6) is -1.84. The number of carboxylic acid groups (broad SMARTS) is 1. The molecule has 0 aromatic rings. The number of hydrogen-bond donors (Lipinski definition) is 3. The Bertz CT molecular complexity index is 1080. The third-order valence-corrected chi connectivity index (χ3v) is 8.40. The highest BCUT2D eigenvalue weighted by atomic mass is 31.2. The van der Waals surface area contributed by atoms with E-state index in [4.69, 9.17) is 24.8 Å². The topological polar surface area (TPSA) is 155 Å². The molecule has 10 nitrogen and oxygen atoms in total. The van der Waals surface area contributed by atoms with E-state index in [0.717, 1.165) is 83.5 Å². The van der Waals surface area contributed by atoms with Crippen LogP contribution in [0.4, 0.5) is 0 Å². The van der Waals surface area contributed by atoms with Gasteiger partial charge in [0.1, 0.15) is 12.1 Å². The Hall–Kier alpha value is -2.59. The molecule has 292 valence electrons. The monoisotopic (exact) mass is 737 g/mol. The molecule has 0 saturated carbocycles. The van der Waals surface area contributed by atoms with Crippen LogP contribution in [-0.2, 0) is 32.7 Å². The number of hydrogen-bond acceptors (Lipinski definition) is 8. The van der Waals surface area contributed by atoms with Crippen LogP contribution < -0.4 is 5.73 Å². The van der Waals surface area contributed by atoms with Gasteiger partial charge in [-0.3, -0.25) is 18.6 Å². The van der Waals surface area contributed by atoms with Crippen LogP contribution in [0.3, 0.4) is 0 Å². The fourth-order valence-electron chi connectivity index (χ4n) is 4.51. The number of ether oxygens (including phenoxy) is 2. The molecule has 0 bridgehead atoms. The number of carboxylic acids is 1. The Balaban J connectivity index is 4.43. The van der Waals surface area contributed by atoms with Gasteiger partial charge in [-0.15, -0.1) is 0 Å². The highest BCUT2D eigenvalue weighted by Gasteiger charge is 2.27. The van der Waals surface area contributed by atoms with Gasteiger partial charge in [0.25, 0.3) is 0 Å². The quantitative estimate of drug-likeness (QED) is 0.0248. The number of esters is 1. The smallest absolute Gasteiger partial charge is 0.472 e. The predicted molar refractivity (Wildman–Crippen MR) is 207 cm³/mol. The zero-order valence-corrected chi connectivity index (χ0v) is 32.3. The van der Waals surface area contributed by atoms with Crippen molar-refractivity contribution < 1.29 is 42.7 Å². The van der Waals surface area contributed by atoms with Crippen molar-refractivity contribution in [1.29, 1.82) is 0 Å². The maximum atomic E-state index is 12.6. The van der Waals surface area contributed by atoms with Gasteiger partial charge in [-0.25, -0.2) is 4.57 Å². The number of aliphatic carboxylic acids is 1. The van der Waals surface area contributed by atoms with Crippen LogP contribution in [0.15, 0.2) is 72.9 Å². The second-order valence-electron chi connectivity index (χ2n) is 12.3. The number of carbonyl (C=O) groups excluding carboxylic acids is 1. The fourth-order valence-corrected chi connectivity index (χ4v) is 5.29. The van der Waals surface area contributed by atoms with Crippen molar-refractivity contribution in [2.75, 3.05) is 26.4 Å². The summed E-state index contributed by atoms with van der Waals surface area (Å²) < 4.78 is 33.2. The number of rotatable bonds is 35. The minimum atomic E-state index is -4.63. The molecule has 3 atom stereocenters. The molecule has 3 unspecified atom stereocenters. The van der Waals surface area contributed by atoms with Crippen molar-refractivity contribution in [1.82, 2.24) is 0 Å². The lowest BCUT2D eigenvalue weighted by molar-refractivity contribution is -0.154. The lowest BCUT2D eigenvalue weighted by Crippen LogP contribution is -2.34. The first-order chi connectivity index (χ1) is 24.7. The molecule has 0 spiro atoms. The van der Waals surface area contributed by atoms with Gasteiger partial charge in [0.15, 0.2) is 0 Å². The van der Waals surface area contributed by atoms with Crippen molar-refractivity contribution >= 4 is 19.8 Å². The standard InChI is InChI=1S/C40H68NO9P/c1-3-5-7-9-11-13-15-17-19-20-22-24-26-28-30-32-39(42)50-37(35-48-51(45,46)49-36-38(41)40(43)44)34-47-33-31-29-27-25-23-21-18-16-14-12-10-8-6-4-2/h5,7-8,10-11,13-14,16-17,19,22,24,37-38H,3-4,6,9,12,15,18,20-21,23,25-36,41H2,1-2H3,(H,43,44)(H,45,46)/b7-5-,10-8-,13-11-,16-14-,19-17-,24-22-. The molecule has 11 heteroatoms. The van der Waals surface area contributed by atoms with Crippen molar-refractivity contribution in [2.24, 2.45) is 5.73 Å². The van der Waals surface area contributed by atoms with Gasteiger partial charge in [-0.1, -0.05) is 119 Å². The van der Waals surface area contributed by atoms with Gasteiger partial charge < -0.3 is 25.2 Å². The number of phosphoric ester groups is 1. The van der Waals surface area contributed by atoms with Gasteiger partial charge in [0.05, 0.1) is 19.8 Å². The SMILES string of the molecule is CC/C=C\C/C=C\C/C=C\C/C=C\CCCCC(=O)OC(COCCCCCCCC/C=C\C/C=C\CCC)COP(=O)(O)OCC(N)C(=O)O. The molecule has 0 aliphatic rings. The van der Waals surface area contributed by atoms with Gasteiger partial charge in [-0.2, -0.15) is 0 Å². The minimum absolute atomic E-state index is 0.0116. The molecular formula is C40H68NO9P. The first-order valence-electron chi connectivity index (χ1n) is 19.0. The lowest BCUT2D eigenvalue weighted by atomic mass is 10.1. The molecule has 4 N–H and O–H groups in total. The van der Waals surface area contributed by atoms with E-state index in [0.29, 0.717) is 13.0 Å². The molecule has 0 rings (SSSR count). The van der Waals surface area contributed by atoms with E-state index in [-0.39, 0.29) is 13.0 Å². The zero-order chi connectivity index (χ0) is 37.7. The Labute approximate surface area is 308 Å². The Morgan fingerprint density at radius 1 is 0.647 bits per heavy atom. The third kappa shape index (κ3) is 35.6. The number of unbranched alkanes of at least 4 members (excludes halogenated alkanes) is 9. The highest BCUT2D eigenvalue weighted by Crippen LogP contribution is 2.43. The summed E-state index contributed by atoms with van der Waals surface area (Å²) >= 11 is 0. The molecule has 0 amide bonds. The van der Waals surface area contributed by atoms with Crippen LogP contribution >= 0.6 is 7.82 Å². The minimum Gasteiger partial charge on any atom is -0.480 e.